The van der Waals surface area contributed by atoms with E-state index < -0.39 is 92.1 Å². The summed E-state index contributed by atoms with van der Waals surface area (Å²) in [7, 11) is 0. The minimum absolute atomic E-state index is 0.859. The molecule has 1 unspecified atom stereocenters. The predicted octanol–water partition coefficient (Wildman–Crippen LogP) is -4.49. The Morgan fingerprint density at radius 1 is 0.452 bits per heavy atom. The minimum atomic E-state index is -1.72. The van der Waals surface area contributed by atoms with E-state index in [9.17, 15) is 40.9 Å². The maximum absolute atomic E-state index is 10.5. The van der Waals surface area contributed by atoms with Crippen molar-refractivity contribution in [3.05, 3.63) is 0 Å². The first kappa shape index (κ1) is 25.1. The fourth-order valence-corrected chi connectivity index (χ4v) is 3.91. The lowest BCUT2D eigenvalue weighted by molar-refractivity contribution is -0.375. The van der Waals surface area contributed by atoms with E-state index in [-0.39, 0.29) is 0 Å². The molecule has 0 aromatic carbocycles. The van der Waals surface area contributed by atoms with Gasteiger partial charge < -0.3 is 64.5 Å². The van der Waals surface area contributed by atoms with Gasteiger partial charge >= 0.3 is 0 Å². The summed E-state index contributed by atoms with van der Waals surface area (Å²) < 4.78 is 26.9. The largest absolute Gasteiger partial charge is 0.388 e. The third-order valence-electron chi connectivity index (χ3n) is 5.97. The summed E-state index contributed by atoms with van der Waals surface area (Å²) in [6, 6.07) is 0. The van der Waals surface area contributed by atoms with Crippen LogP contribution in [0.5, 0.6) is 0 Å². The van der Waals surface area contributed by atoms with Crippen molar-refractivity contribution in [2.24, 2.45) is 0 Å². The first-order valence-electron chi connectivity index (χ1n) is 10.2. The lowest BCUT2D eigenvalue weighted by Gasteiger charge is -2.47. The highest BCUT2D eigenvalue weighted by molar-refractivity contribution is 4.94. The van der Waals surface area contributed by atoms with Gasteiger partial charge in [-0.25, -0.2) is 0 Å². The summed E-state index contributed by atoms with van der Waals surface area (Å²) >= 11 is 0. The van der Waals surface area contributed by atoms with Gasteiger partial charge in [-0.1, -0.05) is 0 Å². The molecule has 0 aromatic heterocycles. The van der Waals surface area contributed by atoms with E-state index in [1.807, 2.05) is 0 Å². The van der Waals surface area contributed by atoms with Crippen molar-refractivity contribution in [1.82, 2.24) is 0 Å². The molecule has 0 radical (unpaired) electrons. The van der Waals surface area contributed by atoms with Crippen LogP contribution in [0.4, 0.5) is 0 Å². The highest BCUT2D eigenvalue weighted by atomic mass is 16.8. The van der Waals surface area contributed by atoms with Gasteiger partial charge in [0.15, 0.2) is 18.9 Å². The summed E-state index contributed by atoms with van der Waals surface area (Å²) in [5.41, 5.74) is 0. The topological polar surface area (TPSA) is 208 Å². The molecule has 8 N–H and O–H groups in total. The monoisotopic (exact) mass is 456 g/mol. The van der Waals surface area contributed by atoms with Crippen molar-refractivity contribution in [2.75, 3.05) is 0 Å². The zero-order chi connectivity index (χ0) is 23.2. The quantitative estimate of drug-likeness (QED) is 0.201. The van der Waals surface area contributed by atoms with Crippen molar-refractivity contribution in [2.45, 2.75) is 113 Å². The molecule has 31 heavy (non-hydrogen) atoms. The molecule has 182 valence electrons. The van der Waals surface area contributed by atoms with Crippen LogP contribution in [0.2, 0.25) is 0 Å². The molecule has 3 rings (SSSR count). The van der Waals surface area contributed by atoms with Crippen molar-refractivity contribution < 1.29 is 64.5 Å². The first-order valence-corrected chi connectivity index (χ1v) is 10.2. The number of hydrogen-bond acceptors (Lipinski definition) is 13. The van der Waals surface area contributed by atoms with Crippen LogP contribution in [0.25, 0.3) is 0 Å². The fraction of sp³-hybridized carbons (Fsp3) is 1.00. The fourth-order valence-electron chi connectivity index (χ4n) is 3.91. The van der Waals surface area contributed by atoms with E-state index in [1.165, 1.54) is 20.8 Å². The smallest absolute Gasteiger partial charge is 0.187 e. The van der Waals surface area contributed by atoms with Gasteiger partial charge in [-0.15, -0.1) is 0 Å². The van der Waals surface area contributed by atoms with Crippen LogP contribution < -0.4 is 0 Å². The summed E-state index contributed by atoms with van der Waals surface area (Å²) in [6.45, 7) is 4.39. The molecule has 3 saturated heterocycles. The Balaban J connectivity index is 1.65. The number of aliphatic hydroxyl groups excluding tert-OH is 8. The molecule has 0 spiro atoms. The van der Waals surface area contributed by atoms with Gasteiger partial charge in [0.05, 0.1) is 18.3 Å². The highest BCUT2D eigenvalue weighted by Crippen LogP contribution is 2.31. The molecule has 3 fully saturated rings. The lowest BCUT2D eigenvalue weighted by Crippen LogP contribution is -2.65. The second kappa shape index (κ2) is 9.77. The molecule has 0 saturated carbocycles. The standard InChI is InChI=1S/C18H32O13/c1-4-8(20)10(22)15(16(26)27-4)31-18-13(25)11(23)14(6(3)29-18)30-17-12(24)9(21)7(19)5(2)28-17/h4-26H,1-3H3/t4-,5-,6-,7-,8-,9+,10+,11-,12+,13+,14-,15+,16?,17-,18-/m0/s1. The average Bonchev–Trinajstić information content (AvgIpc) is 2.72. The summed E-state index contributed by atoms with van der Waals surface area (Å²) in [4.78, 5) is 0. The van der Waals surface area contributed by atoms with Crippen molar-refractivity contribution in [1.29, 1.82) is 0 Å². The predicted molar refractivity (Wildman–Crippen MR) is 97.0 cm³/mol. The molecule has 0 aliphatic carbocycles. The summed E-state index contributed by atoms with van der Waals surface area (Å²) in [6.07, 6.45) is -20.7. The Hall–Kier alpha value is -0.520. The van der Waals surface area contributed by atoms with Gasteiger partial charge in [0.25, 0.3) is 0 Å². The maximum atomic E-state index is 10.5. The van der Waals surface area contributed by atoms with Crippen LogP contribution >= 0.6 is 0 Å². The van der Waals surface area contributed by atoms with E-state index >= 15 is 0 Å². The van der Waals surface area contributed by atoms with E-state index in [4.69, 9.17) is 23.7 Å². The summed E-state index contributed by atoms with van der Waals surface area (Å²) in [5, 5.41) is 80.9. The van der Waals surface area contributed by atoms with Gasteiger partial charge in [0.2, 0.25) is 0 Å². The average molecular weight is 456 g/mol. The van der Waals surface area contributed by atoms with Gasteiger partial charge in [-0.3, -0.25) is 0 Å². The number of hydrogen-bond donors (Lipinski definition) is 8. The molecule has 15 atom stereocenters. The Morgan fingerprint density at radius 2 is 0.871 bits per heavy atom. The third-order valence-corrected chi connectivity index (χ3v) is 5.97. The first-order chi connectivity index (χ1) is 14.4. The van der Waals surface area contributed by atoms with E-state index in [2.05, 4.69) is 0 Å². The number of rotatable bonds is 4. The Labute approximate surface area is 178 Å². The maximum Gasteiger partial charge on any atom is 0.187 e. The van der Waals surface area contributed by atoms with Crippen molar-refractivity contribution in [3.63, 3.8) is 0 Å². The molecule has 0 bridgehead atoms. The Morgan fingerprint density at radius 3 is 1.48 bits per heavy atom. The molecule has 3 aliphatic heterocycles. The highest BCUT2D eigenvalue weighted by Gasteiger charge is 2.51. The third kappa shape index (κ3) is 4.89. The van der Waals surface area contributed by atoms with Crippen molar-refractivity contribution in [3.8, 4) is 0 Å². The SMILES string of the molecule is C[C@@H]1O[C@@H](O[C@@H]2[C@@H](O)[C@@H](O)[C@H](O[C@H]3C(O)O[C@@H](C)[C@H](O)[C@H]3O)O[C@H]2C)[C@H](O)[C@H](O)[C@H]1O. The zero-order valence-electron chi connectivity index (χ0n) is 17.3. The van der Waals surface area contributed by atoms with Crippen LogP contribution in [0.1, 0.15) is 20.8 Å². The molecule has 3 aliphatic rings. The zero-order valence-corrected chi connectivity index (χ0v) is 17.3. The van der Waals surface area contributed by atoms with Crippen LogP contribution in [0.15, 0.2) is 0 Å². The van der Waals surface area contributed by atoms with Crippen LogP contribution in [-0.2, 0) is 23.7 Å². The van der Waals surface area contributed by atoms with Crippen molar-refractivity contribution >= 4 is 0 Å². The van der Waals surface area contributed by atoms with Gasteiger partial charge in [0.1, 0.15) is 54.9 Å². The molecular formula is C18H32O13. The molecule has 0 aromatic rings. The van der Waals surface area contributed by atoms with Gasteiger partial charge in [-0.05, 0) is 20.8 Å². The molecule has 13 nitrogen and oxygen atoms in total. The van der Waals surface area contributed by atoms with E-state index in [0.29, 0.717) is 0 Å². The second-order valence-corrected chi connectivity index (χ2v) is 8.29. The Bertz CT molecular complexity index is 595. The van der Waals surface area contributed by atoms with Crippen LogP contribution in [0, 0.1) is 0 Å². The molecule has 0 amide bonds. The van der Waals surface area contributed by atoms with Gasteiger partial charge in [-0.2, -0.15) is 0 Å². The Kier molecular flexibility index (Phi) is 7.91. The summed E-state index contributed by atoms with van der Waals surface area (Å²) in [5.74, 6) is 0. The van der Waals surface area contributed by atoms with E-state index in [1.54, 1.807) is 0 Å². The number of ether oxygens (including phenoxy) is 5. The normalized spacial score (nSPS) is 56.4. The minimum Gasteiger partial charge on any atom is -0.388 e. The molecular weight excluding hydrogens is 424 g/mol. The lowest BCUT2D eigenvalue weighted by atomic mass is 9.97. The van der Waals surface area contributed by atoms with E-state index in [0.717, 1.165) is 0 Å². The number of aliphatic hydroxyl groups is 8. The van der Waals surface area contributed by atoms with Crippen LogP contribution in [0.3, 0.4) is 0 Å². The second-order valence-electron chi connectivity index (χ2n) is 8.29. The van der Waals surface area contributed by atoms with Crippen LogP contribution in [-0.4, -0.2) is 133 Å². The molecule has 13 heteroatoms. The molecule has 3 heterocycles. The van der Waals surface area contributed by atoms with Gasteiger partial charge in [0, 0.05) is 0 Å².